The van der Waals surface area contributed by atoms with E-state index in [1.54, 1.807) is 0 Å². The molecule has 0 bridgehead atoms. The number of unbranched alkanes of at least 4 members (excludes halogenated alkanes) is 26. The van der Waals surface area contributed by atoms with E-state index < -0.39 is 12.1 Å². The summed E-state index contributed by atoms with van der Waals surface area (Å²) >= 11 is 0. The van der Waals surface area contributed by atoms with Gasteiger partial charge >= 0.3 is 11.9 Å². The van der Waals surface area contributed by atoms with Crippen molar-refractivity contribution < 1.29 is 29.3 Å². The quantitative estimate of drug-likeness (QED) is 0.0382. The Kier molecular flexibility index (Phi) is 34.8. The third-order valence-corrected chi connectivity index (χ3v) is 9.75. The first kappa shape index (κ1) is 46.9. The van der Waals surface area contributed by atoms with Crippen LogP contribution in [0.15, 0.2) is 0 Å². The maximum absolute atomic E-state index is 13.2. The van der Waals surface area contributed by atoms with Crippen LogP contribution < -0.4 is 0 Å². The van der Waals surface area contributed by atoms with E-state index in [2.05, 4.69) is 20.8 Å². The highest BCUT2D eigenvalue weighted by Crippen LogP contribution is 2.31. The average molecular weight is 683 g/mol. The van der Waals surface area contributed by atoms with Gasteiger partial charge in [0.05, 0.1) is 0 Å². The van der Waals surface area contributed by atoms with E-state index in [9.17, 15) is 9.59 Å². The largest absolute Gasteiger partial charge is 0.422 e. The van der Waals surface area contributed by atoms with E-state index in [-0.39, 0.29) is 11.9 Å². The van der Waals surface area contributed by atoms with Gasteiger partial charge in [-0.1, -0.05) is 181 Å². The number of aliphatic hydroxyl groups excluding tert-OH is 1. The van der Waals surface area contributed by atoms with Crippen molar-refractivity contribution in [2.24, 2.45) is 0 Å². The summed E-state index contributed by atoms with van der Waals surface area (Å²) in [6, 6.07) is 0. The zero-order valence-electron chi connectivity index (χ0n) is 32.4. The summed E-state index contributed by atoms with van der Waals surface area (Å²) in [5.74, 6) is -1.54. The fraction of sp³-hybridized carbons (Fsp3) is 0.952. The Morgan fingerprint density at radius 2 is 0.688 bits per heavy atom. The highest BCUT2D eigenvalue weighted by molar-refractivity contribution is 5.72. The molecule has 0 amide bonds. The van der Waals surface area contributed by atoms with Gasteiger partial charge in [0, 0.05) is 25.7 Å². The Labute approximate surface area is 298 Å². The topological polar surface area (TPSA) is 93.1 Å². The van der Waals surface area contributed by atoms with Gasteiger partial charge in [0.15, 0.2) is 6.29 Å². The lowest BCUT2D eigenvalue weighted by atomic mass is 9.98. The zero-order chi connectivity index (χ0) is 35.4. The molecule has 286 valence electrons. The molecular weight excluding hydrogens is 600 g/mol. The first-order valence-electron chi connectivity index (χ1n) is 21.2. The van der Waals surface area contributed by atoms with Crippen LogP contribution in [0.2, 0.25) is 0 Å². The number of ether oxygens (including phenoxy) is 2. The fourth-order valence-corrected chi connectivity index (χ4v) is 6.63. The Morgan fingerprint density at radius 1 is 0.417 bits per heavy atom. The number of hydrogen-bond donors (Lipinski definition) is 2. The summed E-state index contributed by atoms with van der Waals surface area (Å²) in [5, 5.41) is 18.0. The van der Waals surface area contributed by atoms with Gasteiger partial charge < -0.3 is 19.7 Å². The van der Waals surface area contributed by atoms with E-state index in [1.807, 2.05) is 0 Å². The maximum atomic E-state index is 13.2. The number of rotatable bonds is 38. The highest BCUT2D eigenvalue weighted by atomic mass is 16.7. The van der Waals surface area contributed by atoms with E-state index in [0.29, 0.717) is 32.1 Å². The molecule has 0 saturated heterocycles. The van der Waals surface area contributed by atoms with Gasteiger partial charge in [0.2, 0.25) is 0 Å². The first-order valence-corrected chi connectivity index (χ1v) is 21.2. The fourth-order valence-electron chi connectivity index (χ4n) is 6.63. The van der Waals surface area contributed by atoms with Gasteiger partial charge in [-0.15, -0.1) is 0 Å². The van der Waals surface area contributed by atoms with Crippen molar-refractivity contribution in [2.75, 3.05) is 0 Å². The van der Waals surface area contributed by atoms with Gasteiger partial charge in [-0.05, 0) is 38.5 Å². The summed E-state index contributed by atoms with van der Waals surface area (Å²) in [6.07, 6.45) is 35.3. The summed E-state index contributed by atoms with van der Waals surface area (Å²) in [5.41, 5.74) is 0. The normalized spacial score (nSPS) is 11.8. The minimum atomic E-state index is -1.18. The van der Waals surface area contributed by atoms with Crippen LogP contribution in [0, 0.1) is 0 Å². The van der Waals surface area contributed by atoms with Crippen molar-refractivity contribution in [2.45, 2.75) is 258 Å². The molecule has 6 heteroatoms. The van der Waals surface area contributed by atoms with Crippen LogP contribution in [0.5, 0.6) is 0 Å². The molecule has 0 atom stereocenters. The van der Waals surface area contributed by atoms with E-state index >= 15 is 0 Å². The number of carbonyl (C=O) groups is 2. The molecule has 0 spiro atoms. The van der Waals surface area contributed by atoms with Crippen LogP contribution in [0.1, 0.15) is 245 Å². The van der Waals surface area contributed by atoms with Crippen LogP contribution in [-0.2, 0) is 19.1 Å². The summed E-state index contributed by atoms with van der Waals surface area (Å²) < 4.78 is 12.5. The van der Waals surface area contributed by atoms with Gasteiger partial charge in [0.1, 0.15) is 0 Å². The molecule has 0 aliphatic rings. The van der Waals surface area contributed by atoms with Crippen LogP contribution in [0.3, 0.4) is 0 Å². The van der Waals surface area contributed by atoms with Gasteiger partial charge in [-0.2, -0.15) is 0 Å². The lowest BCUT2D eigenvalue weighted by Gasteiger charge is -2.33. The van der Waals surface area contributed by atoms with E-state index in [0.717, 1.165) is 89.9 Å². The molecular formula is C42H82O6. The highest BCUT2D eigenvalue weighted by Gasteiger charge is 2.37. The Balaban J connectivity index is 5.15. The molecule has 0 aromatic carbocycles. The first-order chi connectivity index (χ1) is 23.4. The average Bonchev–Trinajstić information content (AvgIpc) is 3.06. The molecule has 0 aliphatic carbocycles. The molecule has 0 aromatic heterocycles. The molecule has 0 aliphatic heterocycles. The number of hydrogen-bond acceptors (Lipinski definition) is 6. The van der Waals surface area contributed by atoms with Crippen LogP contribution in [-0.4, -0.2) is 34.2 Å². The van der Waals surface area contributed by atoms with E-state index in [1.165, 1.54) is 103 Å². The molecule has 0 rings (SSSR count). The van der Waals surface area contributed by atoms with Crippen molar-refractivity contribution in [1.29, 1.82) is 0 Å². The summed E-state index contributed by atoms with van der Waals surface area (Å²) in [6.45, 7) is 6.69. The molecule has 48 heavy (non-hydrogen) atoms. The van der Waals surface area contributed by atoms with Crippen molar-refractivity contribution in [3.8, 4) is 0 Å². The predicted molar refractivity (Wildman–Crippen MR) is 202 cm³/mol. The molecule has 0 heterocycles. The Hall–Kier alpha value is -1.14. The van der Waals surface area contributed by atoms with Crippen LogP contribution in [0.4, 0.5) is 0 Å². The molecule has 0 saturated carbocycles. The minimum Gasteiger partial charge on any atom is -0.422 e. The predicted octanol–water partition coefficient (Wildman–Crippen LogP) is 12.8. The standard InChI is InChI=1S/C42H82O6/c1-4-7-10-13-16-19-22-27-32-37-42(47-40(45)35-30-25-14-11-8-5-2,48-41(46)36-31-26-15-12-9-6-3)38-33-28-23-20-17-18-21-24-29-34-39(43)44/h39,43-44H,4-38H2,1-3H3. The van der Waals surface area contributed by atoms with Crippen molar-refractivity contribution in [3.05, 3.63) is 0 Å². The third-order valence-electron chi connectivity index (χ3n) is 9.75. The Bertz CT molecular complexity index is 664. The maximum Gasteiger partial charge on any atom is 0.309 e. The number of esters is 2. The molecule has 0 unspecified atom stereocenters. The summed E-state index contributed by atoms with van der Waals surface area (Å²) in [7, 11) is 0. The van der Waals surface area contributed by atoms with E-state index in [4.69, 9.17) is 19.7 Å². The molecule has 2 N–H and O–H groups in total. The van der Waals surface area contributed by atoms with Gasteiger partial charge in [0.25, 0.3) is 5.79 Å². The summed E-state index contributed by atoms with van der Waals surface area (Å²) in [4.78, 5) is 26.5. The number of carbonyl (C=O) groups excluding carboxylic acids is 2. The molecule has 0 fully saturated rings. The SMILES string of the molecule is CCCCCCCCCCCC(CCCCCCCCCCCC(O)O)(OC(=O)CCCCCCCC)OC(=O)CCCCCCCC. The van der Waals surface area contributed by atoms with Crippen LogP contribution >= 0.6 is 0 Å². The lowest BCUT2D eigenvalue weighted by molar-refractivity contribution is -0.235. The van der Waals surface area contributed by atoms with Crippen molar-refractivity contribution in [1.82, 2.24) is 0 Å². The monoisotopic (exact) mass is 683 g/mol. The molecule has 0 aromatic rings. The molecule has 6 nitrogen and oxygen atoms in total. The van der Waals surface area contributed by atoms with Gasteiger partial charge in [-0.25, -0.2) is 0 Å². The number of aliphatic hydroxyl groups is 2. The van der Waals surface area contributed by atoms with Crippen LogP contribution in [0.25, 0.3) is 0 Å². The zero-order valence-corrected chi connectivity index (χ0v) is 32.4. The second kappa shape index (κ2) is 35.7. The smallest absolute Gasteiger partial charge is 0.309 e. The van der Waals surface area contributed by atoms with Crippen molar-refractivity contribution >= 4 is 11.9 Å². The lowest BCUT2D eigenvalue weighted by Crippen LogP contribution is -2.40. The molecule has 0 radical (unpaired) electrons. The van der Waals surface area contributed by atoms with Gasteiger partial charge in [-0.3, -0.25) is 9.59 Å². The Morgan fingerprint density at radius 3 is 1.00 bits per heavy atom. The second-order valence-electron chi connectivity index (χ2n) is 14.7. The minimum absolute atomic E-state index is 0.206. The third kappa shape index (κ3) is 32.1. The van der Waals surface area contributed by atoms with Crippen molar-refractivity contribution in [3.63, 3.8) is 0 Å². The second-order valence-corrected chi connectivity index (χ2v) is 14.7.